The molecule has 0 atom stereocenters. The zero-order chi connectivity index (χ0) is 10.1. The molecule has 1 aliphatic rings. The Bertz CT molecular complexity index is 100. The summed E-state index contributed by atoms with van der Waals surface area (Å²) in [6.07, 6.45) is 5.56. The maximum absolute atomic E-state index is 7.00. The Labute approximate surface area is 91.9 Å². The molecule has 3 heteroatoms. The first-order valence-corrected chi connectivity index (χ1v) is 5.50. The number of piperidine rings is 1. The van der Waals surface area contributed by atoms with E-state index >= 15 is 0 Å². The number of aliphatic hydroxyl groups is 1. The van der Waals surface area contributed by atoms with Crippen LogP contribution in [-0.4, -0.2) is 54.5 Å². The second kappa shape index (κ2) is 9.09. The second-order valence-corrected chi connectivity index (χ2v) is 3.88. The summed E-state index contributed by atoms with van der Waals surface area (Å²) in [4.78, 5) is 2.61. The molecule has 0 saturated carbocycles. The molecule has 0 aromatic heterocycles. The number of nitrogens with zero attached hydrogens (tertiary/aromatic N) is 1. The Balaban J connectivity index is 0.000000671. The van der Waals surface area contributed by atoms with E-state index in [4.69, 9.17) is 5.11 Å². The van der Waals surface area contributed by atoms with Gasteiger partial charge in [0, 0.05) is 7.11 Å². The third kappa shape index (κ3) is 6.57. The Hall–Kier alpha value is 0.517. The molecule has 0 aromatic carbocycles. The van der Waals surface area contributed by atoms with Crippen molar-refractivity contribution in [3.63, 3.8) is 0 Å². The second-order valence-electron chi connectivity index (χ2n) is 3.88. The minimum atomic E-state index is 0.980. The zero-order valence-corrected chi connectivity index (χ0v) is 9.42. The van der Waals surface area contributed by atoms with Crippen LogP contribution in [0, 0.1) is 0 Å². The quantitative estimate of drug-likeness (QED) is 0.663. The summed E-state index contributed by atoms with van der Waals surface area (Å²) in [6, 6.07) is 0. The van der Waals surface area contributed by atoms with Gasteiger partial charge in [-0.25, -0.2) is 0 Å². The standard InChI is InChI=1S/C9H18N.CH4O.Li/c1-2-3-7-10-8-5-4-6-9-10;1-2;/h4H,2-3,5-9H2,1H3;2H,1H3;. The Morgan fingerprint density at radius 2 is 1.85 bits per heavy atom. The summed E-state index contributed by atoms with van der Waals surface area (Å²) >= 11 is 2.37. The number of hydrogen-bond acceptors (Lipinski definition) is 2. The van der Waals surface area contributed by atoms with Crippen LogP contribution in [-0.2, 0) is 0 Å². The van der Waals surface area contributed by atoms with Crippen molar-refractivity contribution in [3.8, 4) is 0 Å². The van der Waals surface area contributed by atoms with Crippen LogP contribution in [0.2, 0.25) is 4.59 Å². The van der Waals surface area contributed by atoms with Crippen LogP contribution in [0.5, 0.6) is 0 Å². The molecule has 0 spiro atoms. The van der Waals surface area contributed by atoms with Crippen molar-refractivity contribution in [3.05, 3.63) is 0 Å². The van der Waals surface area contributed by atoms with Crippen LogP contribution in [0.25, 0.3) is 0 Å². The first kappa shape index (κ1) is 13.5. The summed E-state index contributed by atoms with van der Waals surface area (Å²) in [6.45, 7) is 6.30. The van der Waals surface area contributed by atoms with Gasteiger partial charge in [-0.2, -0.15) is 0 Å². The monoisotopic (exact) mass is 179 g/mol. The molecule has 2 nitrogen and oxygen atoms in total. The first-order chi connectivity index (χ1) is 6.33. The fraction of sp³-hybridized carbons (Fsp3) is 1.00. The van der Waals surface area contributed by atoms with Crippen LogP contribution in [0.15, 0.2) is 0 Å². The van der Waals surface area contributed by atoms with Crippen molar-refractivity contribution >= 4 is 17.7 Å². The number of aliphatic hydroxyl groups excluding tert-OH is 1. The van der Waals surface area contributed by atoms with Gasteiger partial charge in [-0.15, -0.1) is 0 Å². The maximum atomic E-state index is 7.00. The molecule has 0 bridgehead atoms. The normalized spacial score (nSPS) is 19.5. The Morgan fingerprint density at radius 1 is 1.31 bits per heavy atom. The van der Waals surface area contributed by atoms with E-state index in [1.165, 1.54) is 45.3 Å². The Morgan fingerprint density at radius 3 is 2.31 bits per heavy atom. The van der Waals surface area contributed by atoms with E-state index in [0.717, 1.165) is 11.7 Å². The molecule has 74 valence electrons. The molecule has 0 unspecified atom stereocenters. The number of likely N-dealkylation sites (tertiary alicyclic amines) is 1. The van der Waals surface area contributed by atoms with E-state index in [9.17, 15) is 0 Å². The van der Waals surface area contributed by atoms with Gasteiger partial charge < -0.3 is 5.11 Å². The minimum absolute atomic E-state index is 0.980. The van der Waals surface area contributed by atoms with Gasteiger partial charge in [-0.05, 0) is 0 Å². The molecule has 1 heterocycles. The van der Waals surface area contributed by atoms with Gasteiger partial charge in [0.2, 0.25) is 0 Å². The number of unbranched alkanes of at least 4 members (excludes halogenated alkanes) is 1. The predicted octanol–water partition coefficient (Wildman–Crippen LogP) is 1.45. The van der Waals surface area contributed by atoms with Gasteiger partial charge in [-0.1, -0.05) is 0 Å². The van der Waals surface area contributed by atoms with Gasteiger partial charge in [0.1, 0.15) is 0 Å². The van der Waals surface area contributed by atoms with Gasteiger partial charge in [0.25, 0.3) is 0 Å². The molecular formula is C10H22LiNO. The summed E-state index contributed by atoms with van der Waals surface area (Å²) in [5, 5.41) is 7.00. The SMILES string of the molecule is CO.[Li][CH]1CCN(CCCC)CC1. The third-order valence-corrected chi connectivity index (χ3v) is 2.70. The van der Waals surface area contributed by atoms with Crippen LogP contribution >= 0.6 is 0 Å². The molecule has 0 radical (unpaired) electrons. The predicted molar refractivity (Wildman–Crippen MR) is 58.2 cm³/mol. The van der Waals surface area contributed by atoms with Crippen LogP contribution in [0.3, 0.4) is 0 Å². The molecule has 0 aromatic rings. The average Bonchev–Trinajstić information content (AvgIpc) is 2.20. The molecule has 1 aliphatic heterocycles. The fourth-order valence-corrected chi connectivity index (χ4v) is 1.67. The van der Waals surface area contributed by atoms with E-state index in [0.29, 0.717) is 0 Å². The number of rotatable bonds is 3. The van der Waals surface area contributed by atoms with Gasteiger partial charge in [0.05, 0.1) is 0 Å². The summed E-state index contributed by atoms with van der Waals surface area (Å²) in [7, 11) is 1.00. The average molecular weight is 179 g/mol. The number of hydrogen-bond donors (Lipinski definition) is 1. The van der Waals surface area contributed by atoms with Crippen molar-refractivity contribution in [2.24, 2.45) is 0 Å². The summed E-state index contributed by atoms with van der Waals surface area (Å²) in [5.74, 6) is 0. The van der Waals surface area contributed by atoms with E-state index < -0.39 is 0 Å². The van der Waals surface area contributed by atoms with E-state index in [-0.39, 0.29) is 0 Å². The summed E-state index contributed by atoms with van der Waals surface area (Å²) in [5.41, 5.74) is 0. The first-order valence-electron chi connectivity index (χ1n) is 5.50. The third-order valence-electron chi connectivity index (χ3n) is 2.70. The van der Waals surface area contributed by atoms with Crippen molar-refractivity contribution in [2.75, 3.05) is 26.7 Å². The van der Waals surface area contributed by atoms with Crippen LogP contribution in [0.1, 0.15) is 32.6 Å². The van der Waals surface area contributed by atoms with Gasteiger partial charge >= 0.3 is 79.4 Å². The van der Waals surface area contributed by atoms with Crippen molar-refractivity contribution in [1.82, 2.24) is 4.90 Å². The van der Waals surface area contributed by atoms with E-state index in [1.54, 1.807) is 0 Å². The topological polar surface area (TPSA) is 23.5 Å². The van der Waals surface area contributed by atoms with Crippen molar-refractivity contribution in [1.29, 1.82) is 0 Å². The molecule has 0 amide bonds. The van der Waals surface area contributed by atoms with Gasteiger partial charge in [0.15, 0.2) is 0 Å². The molecular weight excluding hydrogens is 157 g/mol. The van der Waals surface area contributed by atoms with Gasteiger partial charge in [-0.3, -0.25) is 0 Å². The molecule has 1 saturated heterocycles. The van der Waals surface area contributed by atoms with Crippen molar-refractivity contribution in [2.45, 2.75) is 37.2 Å². The van der Waals surface area contributed by atoms with Crippen LogP contribution in [0.4, 0.5) is 0 Å². The molecule has 1 rings (SSSR count). The zero-order valence-electron chi connectivity index (χ0n) is 9.42. The molecule has 1 N–H and O–H groups in total. The molecule has 13 heavy (non-hydrogen) atoms. The molecule has 1 fully saturated rings. The van der Waals surface area contributed by atoms with E-state index in [1.807, 2.05) is 0 Å². The van der Waals surface area contributed by atoms with Crippen LogP contribution < -0.4 is 0 Å². The van der Waals surface area contributed by atoms with Crippen molar-refractivity contribution < 1.29 is 5.11 Å². The summed E-state index contributed by atoms with van der Waals surface area (Å²) < 4.78 is 0.980. The van der Waals surface area contributed by atoms with E-state index in [2.05, 4.69) is 29.5 Å². The Kier molecular flexibility index (Phi) is 9.45. The molecule has 0 aliphatic carbocycles. The fourth-order valence-electron chi connectivity index (χ4n) is 1.67.